The number of carbonyl (C=O) groups is 1. The third-order valence-electron chi connectivity index (χ3n) is 7.26. The van der Waals surface area contributed by atoms with E-state index in [4.69, 9.17) is 4.74 Å². The molecular formula is C21H36O2. The number of fused-ring (bicyclic) bond motifs is 5. The van der Waals surface area contributed by atoms with E-state index < -0.39 is 0 Å². The van der Waals surface area contributed by atoms with Crippen molar-refractivity contribution >= 4 is 5.97 Å². The first-order valence-corrected chi connectivity index (χ1v) is 9.83. The molecule has 0 spiro atoms. The van der Waals surface area contributed by atoms with Crippen molar-refractivity contribution in [3.8, 4) is 0 Å². The summed E-state index contributed by atoms with van der Waals surface area (Å²) in [6, 6.07) is 0. The van der Waals surface area contributed by atoms with Crippen LogP contribution in [-0.4, -0.2) is 12.1 Å². The van der Waals surface area contributed by atoms with Crippen molar-refractivity contribution in [2.75, 3.05) is 0 Å². The average Bonchev–Trinajstić information content (AvgIpc) is 3.07. The summed E-state index contributed by atoms with van der Waals surface area (Å²) < 4.78 is 6.19. The van der Waals surface area contributed by atoms with Gasteiger partial charge >= 0.3 is 5.97 Å². The zero-order valence-corrected chi connectivity index (χ0v) is 16.0. The Labute approximate surface area is 142 Å². The molecule has 3 aliphatic carbocycles. The number of ether oxygens (including phenoxy) is 1. The Kier molecular flexibility index (Phi) is 4.34. The number of hydrogen-bond acceptors (Lipinski definition) is 2. The molecule has 2 heteroatoms. The number of carbonyl (C=O) groups excluding carboxylic acids is 1. The Balaban J connectivity index is 1.68. The maximum absolute atomic E-state index is 13.1. The molecule has 0 aromatic heterocycles. The minimum Gasteiger partial charge on any atom is -0.462 e. The molecule has 2 bridgehead atoms. The first-order chi connectivity index (χ1) is 10.6. The van der Waals surface area contributed by atoms with Gasteiger partial charge in [0, 0.05) is 0 Å². The molecule has 0 amide bonds. The van der Waals surface area contributed by atoms with E-state index in [1.54, 1.807) is 0 Å². The van der Waals surface area contributed by atoms with Gasteiger partial charge in [0.1, 0.15) is 6.10 Å². The highest BCUT2D eigenvalue weighted by Crippen LogP contribution is 2.59. The number of hydrogen-bond donors (Lipinski definition) is 0. The molecule has 3 rings (SSSR count). The quantitative estimate of drug-likeness (QED) is 0.644. The second-order valence-corrected chi connectivity index (χ2v) is 10.4. The van der Waals surface area contributed by atoms with Crippen LogP contribution in [0.2, 0.25) is 0 Å². The Hall–Kier alpha value is -0.530. The Morgan fingerprint density at radius 2 is 1.70 bits per heavy atom. The lowest BCUT2D eigenvalue weighted by molar-refractivity contribution is -0.169. The lowest BCUT2D eigenvalue weighted by atomic mass is 9.68. The number of esters is 1. The summed E-state index contributed by atoms with van der Waals surface area (Å²) in [4.78, 5) is 13.1. The molecule has 0 N–H and O–H groups in total. The SMILES string of the molecule is CC(C)C(C)(CC(C)(C)C)C(=O)OC1CC2CC1C1CCCC21. The predicted octanol–water partition coefficient (Wildman–Crippen LogP) is 5.45. The van der Waals surface area contributed by atoms with Crippen LogP contribution in [0.5, 0.6) is 0 Å². The van der Waals surface area contributed by atoms with E-state index in [9.17, 15) is 4.79 Å². The molecular weight excluding hydrogens is 284 g/mol. The van der Waals surface area contributed by atoms with Crippen molar-refractivity contribution in [2.24, 2.45) is 40.4 Å². The van der Waals surface area contributed by atoms with Gasteiger partial charge in [0.05, 0.1) is 5.41 Å². The summed E-state index contributed by atoms with van der Waals surface area (Å²) in [6.07, 6.45) is 7.78. The molecule has 0 radical (unpaired) electrons. The Morgan fingerprint density at radius 1 is 1.04 bits per heavy atom. The standard InChI is InChI=1S/C21H36O2/c1-13(2)21(6,12-20(3,4)5)19(22)23-18-11-14-10-17(18)16-9-7-8-15(14)16/h13-18H,7-12H2,1-6H3. The molecule has 3 aliphatic rings. The van der Waals surface area contributed by atoms with Gasteiger partial charge in [-0.15, -0.1) is 0 Å². The zero-order valence-electron chi connectivity index (χ0n) is 16.0. The van der Waals surface area contributed by atoms with Crippen LogP contribution in [0.3, 0.4) is 0 Å². The highest BCUT2D eigenvalue weighted by atomic mass is 16.5. The minimum absolute atomic E-state index is 0.0644. The van der Waals surface area contributed by atoms with Crippen molar-refractivity contribution < 1.29 is 9.53 Å². The van der Waals surface area contributed by atoms with Crippen LogP contribution in [0, 0.1) is 40.4 Å². The van der Waals surface area contributed by atoms with Crippen LogP contribution in [0.25, 0.3) is 0 Å². The smallest absolute Gasteiger partial charge is 0.312 e. The van der Waals surface area contributed by atoms with E-state index in [1.165, 1.54) is 25.7 Å². The van der Waals surface area contributed by atoms with E-state index in [0.717, 1.165) is 30.6 Å². The maximum atomic E-state index is 13.1. The summed E-state index contributed by atoms with van der Waals surface area (Å²) in [5.41, 5.74) is -0.224. The van der Waals surface area contributed by atoms with Crippen molar-refractivity contribution in [3.05, 3.63) is 0 Å². The molecule has 0 heterocycles. The first-order valence-electron chi connectivity index (χ1n) is 9.83. The summed E-state index contributed by atoms with van der Waals surface area (Å²) in [5, 5.41) is 0. The molecule has 2 nitrogen and oxygen atoms in total. The van der Waals surface area contributed by atoms with Crippen molar-refractivity contribution in [3.63, 3.8) is 0 Å². The van der Waals surface area contributed by atoms with Crippen molar-refractivity contribution in [2.45, 2.75) is 86.2 Å². The van der Waals surface area contributed by atoms with Crippen molar-refractivity contribution in [1.82, 2.24) is 0 Å². The van der Waals surface area contributed by atoms with Crippen LogP contribution in [0.15, 0.2) is 0 Å². The van der Waals surface area contributed by atoms with Gasteiger partial charge in [0.15, 0.2) is 0 Å². The topological polar surface area (TPSA) is 26.3 Å². The fraction of sp³-hybridized carbons (Fsp3) is 0.952. The highest BCUT2D eigenvalue weighted by molar-refractivity contribution is 5.77. The van der Waals surface area contributed by atoms with E-state index in [1.807, 2.05) is 0 Å². The second kappa shape index (κ2) is 5.77. The molecule has 3 saturated carbocycles. The van der Waals surface area contributed by atoms with Crippen LogP contribution in [0.1, 0.15) is 80.1 Å². The third kappa shape index (κ3) is 3.07. The van der Waals surface area contributed by atoms with Gasteiger partial charge < -0.3 is 4.74 Å². The fourth-order valence-corrected chi connectivity index (χ4v) is 6.03. The maximum Gasteiger partial charge on any atom is 0.312 e. The molecule has 23 heavy (non-hydrogen) atoms. The van der Waals surface area contributed by atoms with Crippen LogP contribution >= 0.6 is 0 Å². The van der Waals surface area contributed by atoms with Crippen molar-refractivity contribution in [1.29, 1.82) is 0 Å². The lowest BCUT2D eigenvalue weighted by Crippen LogP contribution is -2.42. The van der Waals surface area contributed by atoms with Gasteiger partial charge in [0.2, 0.25) is 0 Å². The molecule has 0 aliphatic heterocycles. The van der Waals surface area contributed by atoms with Gasteiger partial charge in [-0.25, -0.2) is 0 Å². The normalized spacial score (nSPS) is 38.7. The molecule has 3 fully saturated rings. The van der Waals surface area contributed by atoms with E-state index in [-0.39, 0.29) is 22.9 Å². The Morgan fingerprint density at radius 3 is 2.30 bits per heavy atom. The van der Waals surface area contributed by atoms with E-state index in [2.05, 4.69) is 41.5 Å². The van der Waals surface area contributed by atoms with Gasteiger partial charge in [-0.05, 0) is 74.0 Å². The summed E-state index contributed by atoms with van der Waals surface area (Å²) >= 11 is 0. The summed E-state index contributed by atoms with van der Waals surface area (Å²) in [7, 11) is 0. The Bertz CT molecular complexity index is 461. The zero-order chi connectivity index (χ0) is 17.0. The fourth-order valence-electron chi connectivity index (χ4n) is 6.03. The lowest BCUT2D eigenvalue weighted by Gasteiger charge is -2.39. The predicted molar refractivity (Wildman–Crippen MR) is 93.9 cm³/mol. The van der Waals surface area contributed by atoms with E-state index >= 15 is 0 Å². The van der Waals surface area contributed by atoms with Crippen LogP contribution < -0.4 is 0 Å². The summed E-state index contributed by atoms with van der Waals surface area (Å²) in [6.45, 7) is 13.1. The van der Waals surface area contributed by atoms with Gasteiger partial charge in [-0.1, -0.05) is 41.0 Å². The third-order valence-corrected chi connectivity index (χ3v) is 7.26. The molecule has 0 aromatic rings. The first kappa shape index (κ1) is 17.3. The molecule has 0 aromatic carbocycles. The largest absolute Gasteiger partial charge is 0.462 e. The van der Waals surface area contributed by atoms with Gasteiger partial charge in [0.25, 0.3) is 0 Å². The van der Waals surface area contributed by atoms with Gasteiger partial charge in [-0.2, -0.15) is 0 Å². The monoisotopic (exact) mass is 320 g/mol. The van der Waals surface area contributed by atoms with E-state index in [0.29, 0.717) is 11.8 Å². The molecule has 6 unspecified atom stereocenters. The highest BCUT2D eigenvalue weighted by Gasteiger charge is 2.56. The molecule has 132 valence electrons. The second-order valence-electron chi connectivity index (χ2n) is 10.4. The van der Waals surface area contributed by atoms with Crippen LogP contribution in [-0.2, 0) is 9.53 Å². The molecule has 6 atom stereocenters. The average molecular weight is 321 g/mol. The summed E-state index contributed by atoms with van der Waals surface area (Å²) in [5.74, 6) is 3.71. The van der Waals surface area contributed by atoms with Crippen LogP contribution in [0.4, 0.5) is 0 Å². The minimum atomic E-state index is -0.366. The molecule has 0 saturated heterocycles. The van der Waals surface area contributed by atoms with Gasteiger partial charge in [-0.3, -0.25) is 4.79 Å². The number of rotatable bonds is 4.